The van der Waals surface area contributed by atoms with Gasteiger partial charge in [-0.05, 0) is 19.4 Å². The third-order valence-electron chi connectivity index (χ3n) is 4.48. The maximum Gasteiger partial charge on any atom is 0.335 e. The van der Waals surface area contributed by atoms with Crippen molar-refractivity contribution in [3.63, 3.8) is 0 Å². The van der Waals surface area contributed by atoms with Crippen molar-refractivity contribution in [2.24, 2.45) is 0 Å². The fraction of sp³-hybridized carbons (Fsp3) is 0.375. The summed E-state index contributed by atoms with van der Waals surface area (Å²) >= 11 is 0. The molecule has 8 nitrogen and oxygen atoms in total. The Kier molecular flexibility index (Phi) is 3.64. The standard InChI is InChI=1S/C16H17N3O5/c1-4-11-13(19(22)23)14(24-18-11)9(3)16(21)10-7-8(2)5-6-12(10)17-15(16)20/h5-7,9,21H,4H2,1-3H3,(H,17,20). The zero-order valence-electron chi connectivity index (χ0n) is 13.5. The minimum Gasteiger partial charge on any atom is -0.375 e. The molecule has 2 aromatic rings. The normalized spacial score (nSPS) is 20.6. The monoisotopic (exact) mass is 331 g/mol. The molecule has 0 bridgehead atoms. The molecule has 1 aromatic carbocycles. The second-order valence-electron chi connectivity index (χ2n) is 5.94. The number of aromatic nitrogens is 1. The van der Waals surface area contributed by atoms with Crippen LogP contribution >= 0.6 is 0 Å². The molecule has 0 radical (unpaired) electrons. The van der Waals surface area contributed by atoms with Gasteiger partial charge in [0.15, 0.2) is 11.3 Å². The third kappa shape index (κ3) is 2.10. The third-order valence-corrected chi connectivity index (χ3v) is 4.48. The summed E-state index contributed by atoms with van der Waals surface area (Å²) in [6.07, 6.45) is 0.312. The van der Waals surface area contributed by atoms with Gasteiger partial charge in [0, 0.05) is 11.3 Å². The molecule has 3 rings (SSSR count). The molecule has 126 valence electrons. The highest BCUT2D eigenvalue weighted by Gasteiger charge is 2.53. The van der Waals surface area contributed by atoms with Crippen molar-refractivity contribution in [1.29, 1.82) is 0 Å². The predicted octanol–water partition coefficient (Wildman–Crippen LogP) is 2.40. The summed E-state index contributed by atoms with van der Waals surface area (Å²) in [4.78, 5) is 23.2. The lowest BCUT2D eigenvalue weighted by Gasteiger charge is -2.26. The minimum absolute atomic E-state index is 0.108. The minimum atomic E-state index is -1.96. The Morgan fingerprint density at radius 3 is 2.83 bits per heavy atom. The number of anilines is 1. The van der Waals surface area contributed by atoms with Gasteiger partial charge in [0.1, 0.15) is 0 Å². The van der Waals surface area contributed by atoms with E-state index in [0.717, 1.165) is 5.56 Å². The van der Waals surface area contributed by atoms with E-state index in [0.29, 0.717) is 17.7 Å². The molecule has 1 aromatic heterocycles. The topological polar surface area (TPSA) is 118 Å². The van der Waals surface area contributed by atoms with Gasteiger partial charge in [-0.25, -0.2) is 0 Å². The number of carbonyl (C=O) groups is 1. The van der Waals surface area contributed by atoms with Crippen LogP contribution in [0.5, 0.6) is 0 Å². The molecular formula is C16H17N3O5. The van der Waals surface area contributed by atoms with Gasteiger partial charge in [0.05, 0.1) is 10.8 Å². The summed E-state index contributed by atoms with van der Waals surface area (Å²) in [5, 5.41) is 28.8. The van der Waals surface area contributed by atoms with Crippen molar-refractivity contribution in [3.05, 3.63) is 50.9 Å². The molecule has 0 aliphatic carbocycles. The highest BCUT2D eigenvalue weighted by atomic mass is 16.6. The zero-order valence-corrected chi connectivity index (χ0v) is 13.5. The Balaban J connectivity index is 2.16. The number of aryl methyl sites for hydroxylation is 2. The lowest BCUT2D eigenvalue weighted by molar-refractivity contribution is -0.387. The van der Waals surface area contributed by atoms with E-state index in [4.69, 9.17) is 4.52 Å². The first-order valence-corrected chi connectivity index (χ1v) is 7.58. The molecule has 0 saturated heterocycles. The summed E-state index contributed by atoms with van der Waals surface area (Å²) in [7, 11) is 0. The molecule has 2 heterocycles. The number of benzene rings is 1. The Bertz CT molecular complexity index is 844. The molecule has 0 spiro atoms. The van der Waals surface area contributed by atoms with E-state index in [1.54, 1.807) is 19.1 Å². The largest absolute Gasteiger partial charge is 0.375 e. The molecule has 0 saturated carbocycles. The average Bonchev–Trinajstić information content (AvgIpc) is 3.08. The van der Waals surface area contributed by atoms with Crippen LogP contribution in [0.15, 0.2) is 22.7 Å². The number of rotatable bonds is 4. The molecule has 1 aliphatic heterocycles. The van der Waals surface area contributed by atoms with Crippen molar-refractivity contribution >= 4 is 17.3 Å². The van der Waals surface area contributed by atoms with Crippen LogP contribution in [0, 0.1) is 17.0 Å². The van der Waals surface area contributed by atoms with Gasteiger partial charge in [-0.3, -0.25) is 14.9 Å². The highest BCUT2D eigenvalue weighted by Crippen LogP contribution is 2.47. The molecule has 2 N–H and O–H groups in total. The zero-order chi connectivity index (χ0) is 17.6. The molecule has 0 fully saturated rings. The maximum absolute atomic E-state index is 12.4. The Morgan fingerprint density at radius 2 is 2.21 bits per heavy atom. The fourth-order valence-electron chi connectivity index (χ4n) is 3.09. The molecule has 8 heteroatoms. The van der Waals surface area contributed by atoms with Crippen LogP contribution in [0.2, 0.25) is 0 Å². The van der Waals surface area contributed by atoms with E-state index in [1.807, 2.05) is 13.0 Å². The van der Waals surface area contributed by atoms with Crippen LogP contribution in [0.1, 0.15) is 42.3 Å². The summed E-state index contributed by atoms with van der Waals surface area (Å²) in [6.45, 7) is 5.07. The molecular weight excluding hydrogens is 314 g/mol. The first kappa shape index (κ1) is 16.1. The van der Waals surface area contributed by atoms with Gasteiger partial charge in [-0.1, -0.05) is 36.7 Å². The van der Waals surface area contributed by atoms with Gasteiger partial charge in [0.25, 0.3) is 5.91 Å². The second-order valence-corrected chi connectivity index (χ2v) is 5.94. The van der Waals surface area contributed by atoms with Crippen LogP contribution in [0.4, 0.5) is 11.4 Å². The number of nitrogens with one attached hydrogen (secondary N) is 1. The number of hydrogen-bond acceptors (Lipinski definition) is 6. The van der Waals surface area contributed by atoms with E-state index in [9.17, 15) is 20.0 Å². The molecule has 2 atom stereocenters. The average molecular weight is 331 g/mol. The Hall–Kier alpha value is -2.74. The van der Waals surface area contributed by atoms with Gasteiger partial charge in [0.2, 0.25) is 5.76 Å². The van der Waals surface area contributed by atoms with Crippen molar-refractivity contribution < 1.29 is 19.3 Å². The molecule has 1 aliphatic rings. The van der Waals surface area contributed by atoms with Crippen LogP contribution in [-0.4, -0.2) is 21.1 Å². The predicted molar refractivity (Wildman–Crippen MR) is 84.7 cm³/mol. The number of amides is 1. The van der Waals surface area contributed by atoms with Crippen LogP contribution in [0.25, 0.3) is 0 Å². The number of hydrogen-bond donors (Lipinski definition) is 2. The van der Waals surface area contributed by atoms with E-state index in [1.165, 1.54) is 6.92 Å². The van der Waals surface area contributed by atoms with Crippen LogP contribution in [-0.2, 0) is 16.8 Å². The lowest BCUT2D eigenvalue weighted by atomic mass is 9.81. The summed E-state index contributed by atoms with van der Waals surface area (Å²) in [5.74, 6) is -1.73. The van der Waals surface area contributed by atoms with Crippen LogP contribution < -0.4 is 5.32 Å². The summed E-state index contributed by atoms with van der Waals surface area (Å²) in [5.41, 5.74) is -0.337. The number of nitro groups is 1. The smallest absolute Gasteiger partial charge is 0.335 e. The Morgan fingerprint density at radius 1 is 1.50 bits per heavy atom. The molecule has 1 amide bonds. The van der Waals surface area contributed by atoms with E-state index >= 15 is 0 Å². The first-order chi connectivity index (χ1) is 11.3. The van der Waals surface area contributed by atoms with Gasteiger partial charge < -0.3 is 14.9 Å². The van der Waals surface area contributed by atoms with Gasteiger partial charge in [-0.15, -0.1) is 0 Å². The first-order valence-electron chi connectivity index (χ1n) is 7.58. The highest BCUT2D eigenvalue weighted by molar-refractivity contribution is 6.05. The number of fused-ring (bicyclic) bond motifs is 1. The van der Waals surface area contributed by atoms with Crippen molar-refractivity contribution in [2.75, 3.05) is 5.32 Å². The van der Waals surface area contributed by atoms with E-state index < -0.39 is 22.3 Å². The van der Waals surface area contributed by atoms with Crippen LogP contribution in [0.3, 0.4) is 0 Å². The van der Waals surface area contributed by atoms with Crippen molar-refractivity contribution in [1.82, 2.24) is 5.16 Å². The Labute approximate surface area is 137 Å². The fourth-order valence-corrected chi connectivity index (χ4v) is 3.09. The lowest BCUT2D eigenvalue weighted by Crippen LogP contribution is -2.39. The van der Waals surface area contributed by atoms with E-state index in [-0.39, 0.29) is 17.1 Å². The number of nitrogens with zero attached hydrogens (tertiary/aromatic N) is 2. The van der Waals surface area contributed by atoms with Crippen molar-refractivity contribution in [3.8, 4) is 0 Å². The molecule has 2 unspecified atom stereocenters. The second kappa shape index (κ2) is 5.41. The number of aliphatic hydroxyl groups is 1. The van der Waals surface area contributed by atoms with Gasteiger partial charge >= 0.3 is 5.69 Å². The molecule has 24 heavy (non-hydrogen) atoms. The maximum atomic E-state index is 12.4. The van der Waals surface area contributed by atoms with Gasteiger partial charge in [-0.2, -0.15) is 0 Å². The quantitative estimate of drug-likeness (QED) is 0.656. The summed E-state index contributed by atoms with van der Waals surface area (Å²) in [6, 6.07) is 5.19. The van der Waals surface area contributed by atoms with E-state index in [2.05, 4.69) is 10.5 Å². The van der Waals surface area contributed by atoms with Crippen molar-refractivity contribution in [2.45, 2.75) is 38.7 Å². The SMILES string of the molecule is CCc1noc(C(C)C2(O)C(=O)Nc3ccc(C)cc32)c1[N+](=O)[O-]. The summed E-state index contributed by atoms with van der Waals surface area (Å²) < 4.78 is 5.15. The number of carbonyl (C=O) groups excluding carboxylic acids is 1.